The van der Waals surface area contributed by atoms with Gasteiger partial charge in [0.25, 0.3) is 0 Å². The van der Waals surface area contributed by atoms with Crippen molar-refractivity contribution < 1.29 is 9.47 Å². The van der Waals surface area contributed by atoms with Gasteiger partial charge in [-0.05, 0) is 45.4 Å². The van der Waals surface area contributed by atoms with E-state index < -0.39 is 0 Å². The quantitative estimate of drug-likeness (QED) is 0.874. The SMILES string of the molecule is CC1COC(c2ccc(OC(C)(C)C)cc2)CN1. The second kappa shape index (κ2) is 5.29. The fraction of sp³-hybridized carbons (Fsp3) is 0.600. The molecule has 2 unspecified atom stereocenters. The Morgan fingerprint density at radius 3 is 2.39 bits per heavy atom. The average molecular weight is 249 g/mol. The highest BCUT2D eigenvalue weighted by atomic mass is 16.5. The molecular weight excluding hydrogens is 226 g/mol. The van der Waals surface area contributed by atoms with E-state index in [0.717, 1.165) is 18.9 Å². The maximum absolute atomic E-state index is 5.81. The van der Waals surface area contributed by atoms with Gasteiger partial charge in [0.1, 0.15) is 11.4 Å². The molecule has 0 radical (unpaired) electrons. The Hall–Kier alpha value is -1.06. The van der Waals surface area contributed by atoms with Gasteiger partial charge in [0, 0.05) is 12.6 Å². The Balaban J connectivity index is 1.99. The number of nitrogens with one attached hydrogen (secondary N) is 1. The number of hydrogen-bond donors (Lipinski definition) is 1. The van der Waals surface area contributed by atoms with Gasteiger partial charge >= 0.3 is 0 Å². The number of benzene rings is 1. The Labute approximate surface area is 109 Å². The van der Waals surface area contributed by atoms with Crippen LogP contribution < -0.4 is 10.1 Å². The first kappa shape index (κ1) is 13.4. The lowest BCUT2D eigenvalue weighted by Gasteiger charge is -2.28. The summed E-state index contributed by atoms with van der Waals surface area (Å²) in [5, 5.41) is 3.43. The van der Waals surface area contributed by atoms with Crippen LogP contribution in [0.3, 0.4) is 0 Å². The van der Waals surface area contributed by atoms with Crippen LogP contribution in [0.2, 0.25) is 0 Å². The van der Waals surface area contributed by atoms with Crippen LogP contribution in [0.1, 0.15) is 39.4 Å². The molecule has 0 aliphatic carbocycles. The van der Waals surface area contributed by atoms with Gasteiger partial charge in [0.2, 0.25) is 0 Å². The molecule has 1 fully saturated rings. The van der Waals surface area contributed by atoms with E-state index in [-0.39, 0.29) is 11.7 Å². The molecule has 1 saturated heterocycles. The lowest BCUT2D eigenvalue weighted by molar-refractivity contribution is 0.00690. The van der Waals surface area contributed by atoms with Crippen LogP contribution in [-0.2, 0) is 4.74 Å². The predicted octanol–water partition coefficient (Wildman–Crippen LogP) is 2.91. The molecule has 18 heavy (non-hydrogen) atoms. The maximum Gasteiger partial charge on any atom is 0.120 e. The topological polar surface area (TPSA) is 30.5 Å². The number of hydrogen-bond acceptors (Lipinski definition) is 3. The molecule has 1 heterocycles. The minimum absolute atomic E-state index is 0.153. The van der Waals surface area contributed by atoms with E-state index in [4.69, 9.17) is 9.47 Å². The van der Waals surface area contributed by atoms with Crippen LogP contribution in [0.25, 0.3) is 0 Å². The van der Waals surface area contributed by atoms with Gasteiger partial charge in [-0.25, -0.2) is 0 Å². The van der Waals surface area contributed by atoms with Crippen molar-refractivity contribution in [2.75, 3.05) is 13.2 Å². The van der Waals surface area contributed by atoms with Crippen LogP contribution in [0, 0.1) is 0 Å². The molecule has 1 aromatic carbocycles. The summed E-state index contributed by atoms with van der Waals surface area (Å²) in [6, 6.07) is 8.65. The van der Waals surface area contributed by atoms with Crippen molar-refractivity contribution in [3.05, 3.63) is 29.8 Å². The van der Waals surface area contributed by atoms with Crippen LogP contribution in [0.5, 0.6) is 5.75 Å². The van der Waals surface area contributed by atoms with Crippen molar-refractivity contribution in [3.63, 3.8) is 0 Å². The van der Waals surface area contributed by atoms with E-state index in [1.54, 1.807) is 0 Å². The van der Waals surface area contributed by atoms with Crippen molar-refractivity contribution in [2.45, 2.75) is 45.4 Å². The van der Waals surface area contributed by atoms with Crippen LogP contribution in [-0.4, -0.2) is 24.8 Å². The van der Waals surface area contributed by atoms with Crippen LogP contribution in [0.4, 0.5) is 0 Å². The smallest absolute Gasteiger partial charge is 0.120 e. The zero-order chi connectivity index (χ0) is 13.2. The lowest BCUT2D eigenvalue weighted by Crippen LogP contribution is -2.40. The van der Waals surface area contributed by atoms with Gasteiger partial charge in [-0.2, -0.15) is 0 Å². The largest absolute Gasteiger partial charge is 0.488 e. The molecule has 0 amide bonds. The van der Waals surface area contributed by atoms with Crippen molar-refractivity contribution in [2.24, 2.45) is 0 Å². The zero-order valence-electron chi connectivity index (χ0n) is 11.7. The Morgan fingerprint density at radius 2 is 1.89 bits per heavy atom. The van der Waals surface area contributed by atoms with Crippen LogP contribution in [0.15, 0.2) is 24.3 Å². The van der Waals surface area contributed by atoms with E-state index in [2.05, 4.69) is 45.1 Å². The Kier molecular flexibility index (Phi) is 3.93. The molecule has 0 spiro atoms. The first-order valence-electron chi connectivity index (χ1n) is 6.58. The third-order valence-corrected chi connectivity index (χ3v) is 2.88. The molecule has 3 heteroatoms. The molecule has 1 aromatic rings. The standard InChI is InChI=1S/C15H23NO2/c1-11-10-17-14(9-16-11)12-5-7-13(8-6-12)18-15(2,3)4/h5-8,11,14,16H,9-10H2,1-4H3. The van der Waals surface area contributed by atoms with Gasteiger partial charge in [0.15, 0.2) is 0 Å². The highest BCUT2D eigenvalue weighted by Crippen LogP contribution is 2.24. The first-order valence-corrected chi connectivity index (χ1v) is 6.58. The zero-order valence-corrected chi connectivity index (χ0v) is 11.7. The van der Waals surface area contributed by atoms with Crippen molar-refractivity contribution in [1.82, 2.24) is 5.32 Å². The van der Waals surface area contributed by atoms with Gasteiger partial charge in [-0.1, -0.05) is 12.1 Å². The maximum atomic E-state index is 5.81. The van der Waals surface area contributed by atoms with Crippen molar-refractivity contribution >= 4 is 0 Å². The van der Waals surface area contributed by atoms with Gasteiger partial charge in [-0.15, -0.1) is 0 Å². The summed E-state index contributed by atoms with van der Waals surface area (Å²) in [6.45, 7) is 9.94. The summed E-state index contributed by atoms with van der Waals surface area (Å²) in [5.74, 6) is 0.906. The minimum atomic E-state index is -0.153. The minimum Gasteiger partial charge on any atom is -0.488 e. The van der Waals surface area contributed by atoms with Crippen LogP contribution >= 0.6 is 0 Å². The molecule has 0 aromatic heterocycles. The van der Waals surface area contributed by atoms with E-state index in [9.17, 15) is 0 Å². The molecule has 100 valence electrons. The fourth-order valence-electron chi connectivity index (χ4n) is 2.00. The molecule has 3 nitrogen and oxygen atoms in total. The molecule has 1 aliphatic rings. The molecule has 0 saturated carbocycles. The van der Waals surface area contributed by atoms with E-state index in [1.165, 1.54) is 5.56 Å². The first-order chi connectivity index (χ1) is 8.44. The van der Waals surface area contributed by atoms with Crippen molar-refractivity contribution in [1.29, 1.82) is 0 Å². The summed E-state index contributed by atoms with van der Waals surface area (Å²) in [6.07, 6.45) is 0.157. The molecule has 2 rings (SSSR count). The molecule has 1 aliphatic heterocycles. The Bertz CT molecular complexity index is 372. The van der Waals surface area contributed by atoms with Gasteiger partial charge < -0.3 is 14.8 Å². The summed E-state index contributed by atoms with van der Waals surface area (Å²) in [7, 11) is 0. The lowest BCUT2D eigenvalue weighted by atomic mass is 10.1. The number of rotatable bonds is 2. The highest BCUT2D eigenvalue weighted by Gasteiger charge is 2.19. The van der Waals surface area contributed by atoms with E-state index in [0.29, 0.717) is 6.04 Å². The third kappa shape index (κ3) is 3.72. The molecule has 0 bridgehead atoms. The van der Waals surface area contributed by atoms with Crippen molar-refractivity contribution in [3.8, 4) is 5.75 Å². The van der Waals surface area contributed by atoms with Gasteiger partial charge in [-0.3, -0.25) is 0 Å². The Morgan fingerprint density at radius 1 is 1.22 bits per heavy atom. The summed E-state index contributed by atoms with van der Waals surface area (Å²) < 4.78 is 11.6. The fourth-order valence-corrected chi connectivity index (χ4v) is 2.00. The average Bonchev–Trinajstić information content (AvgIpc) is 2.29. The third-order valence-electron chi connectivity index (χ3n) is 2.88. The van der Waals surface area contributed by atoms with E-state index >= 15 is 0 Å². The second-order valence-corrected chi connectivity index (χ2v) is 5.91. The summed E-state index contributed by atoms with van der Waals surface area (Å²) in [5.41, 5.74) is 1.05. The molecule has 1 N–H and O–H groups in total. The second-order valence-electron chi connectivity index (χ2n) is 5.91. The molecule has 2 atom stereocenters. The monoisotopic (exact) mass is 249 g/mol. The normalized spacial score (nSPS) is 24.9. The number of morpholine rings is 1. The van der Waals surface area contributed by atoms with E-state index in [1.807, 2.05) is 12.1 Å². The summed E-state index contributed by atoms with van der Waals surface area (Å²) in [4.78, 5) is 0. The summed E-state index contributed by atoms with van der Waals surface area (Å²) >= 11 is 0. The van der Waals surface area contributed by atoms with Gasteiger partial charge in [0.05, 0.1) is 12.7 Å². The molecular formula is C15H23NO2. The predicted molar refractivity (Wildman–Crippen MR) is 73.0 cm³/mol. The number of ether oxygens (including phenoxy) is 2. The highest BCUT2D eigenvalue weighted by molar-refractivity contribution is 5.29.